The average molecular weight is 420 g/mol. The normalized spacial score (nSPS) is 19.7. The molecule has 26 heavy (non-hydrogen) atoms. The van der Waals surface area contributed by atoms with Crippen LogP contribution in [0.3, 0.4) is 0 Å². The molecule has 0 saturated carbocycles. The Labute approximate surface area is 156 Å². The molecule has 0 saturated heterocycles. The molecule has 4 nitrogen and oxygen atoms in total. The van der Waals surface area contributed by atoms with E-state index in [0.29, 0.717) is 15.9 Å². The molecule has 2 heterocycles. The SMILES string of the molecule is O=C1OCC2=C1C(c1cc(Br)ccc1F)CC(=O)N2c1cccc(F)c1. The van der Waals surface area contributed by atoms with Gasteiger partial charge in [0.25, 0.3) is 0 Å². The average Bonchev–Trinajstić information content (AvgIpc) is 2.98. The van der Waals surface area contributed by atoms with Gasteiger partial charge in [0.15, 0.2) is 0 Å². The molecular formula is C19H12BrF2NO3. The van der Waals surface area contributed by atoms with E-state index in [1.54, 1.807) is 18.2 Å². The third-order valence-corrected chi connectivity index (χ3v) is 5.01. The highest BCUT2D eigenvalue weighted by molar-refractivity contribution is 9.10. The number of esters is 1. The predicted molar refractivity (Wildman–Crippen MR) is 93.3 cm³/mol. The Hall–Kier alpha value is -2.54. The van der Waals surface area contributed by atoms with Gasteiger partial charge in [0.05, 0.1) is 17.0 Å². The lowest BCUT2D eigenvalue weighted by atomic mass is 9.84. The second-order valence-corrected chi connectivity index (χ2v) is 6.98. The van der Waals surface area contributed by atoms with Crippen molar-refractivity contribution >= 4 is 33.5 Å². The van der Waals surface area contributed by atoms with E-state index in [4.69, 9.17) is 4.74 Å². The number of carbonyl (C=O) groups is 2. The van der Waals surface area contributed by atoms with Crippen LogP contribution < -0.4 is 4.90 Å². The van der Waals surface area contributed by atoms with E-state index in [1.807, 2.05) is 0 Å². The van der Waals surface area contributed by atoms with E-state index in [0.717, 1.165) is 0 Å². The van der Waals surface area contributed by atoms with Crippen LogP contribution in [-0.4, -0.2) is 18.5 Å². The number of amides is 1. The summed E-state index contributed by atoms with van der Waals surface area (Å²) >= 11 is 3.29. The molecule has 7 heteroatoms. The number of hydrogen-bond acceptors (Lipinski definition) is 3. The molecule has 0 spiro atoms. The number of nitrogens with zero attached hydrogens (tertiary/aromatic N) is 1. The van der Waals surface area contributed by atoms with Gasteiger partial charge in [-0.15, -0.1) is 0 Å². The second-order valence-electron chi connectivity index (χ2n) is 6.07. The first kappa shape index (κ1) is 16.9. The van der Waals surface area contributed by atoms with Crippen molar-refractivity contribution in [3.8, 4) is 0 Å². The van der Waals surface area contributed by atoms with Crippen LogP contribution in [0.4, 0.5) is 14.5 Å². The number of ether oxygens (including phenoxy) is 1. The van der Waals surface area contributed by atoms with Crippen LogP contribution in [0.1, 0.15) is 17.9 Å². The summed E-state index contributed by atoms with van der Waals surface area (Å²) in [6, 6.07) is 9.92. The van der Waals surface area contributed by atoms with Gasteiger partial charge in [-0.3, -0.25) is 9.69 Å². The Morgan fingerprint density at radius 3 is 2.69 bits per heavy atom. The van der Waals surface area contributed by atoms with Gasteiger partial charge in [-0.25, -0.2) is 13.6 Å². The Bertz CT molecular complexity index is 973. The Morgan fingerprint density at radius 1 is 1.12 bits per heavy atom. The lowest BCUT2D eigenvalue weighted by molar-refractivity contribution is -0.136. The van der Waals surface area contributed by atoms with Gasteiger partial charge in [0.1, 0.15) is 18.2 Å². The van der Waals surface area contributed by atoms with Gasteiger partial charge < -0.3 is 4.74 Å². The highest BCUT2D eigenvalue weighted by Gasteiger charge is 2.43. The lowest BCUT2D eigenvalue weighted by Crippen LogP contribution is -2.37. The van der Waals surface area contributed by atoms with E-state index < -0.39 is 23.5 Å². The second kappa shape index (κ2) is 6.32. The molecule has 0 N–H and O–H groups in total. The summed E-state index contributed by atoms with van der Waals surface area (Å²) < 4.78 is 33.7. The molecule has 2 aromatic rings. The summed E-state index contributed by atoms with van der Waals surface area (Å²) in [5.74, 6) is -2.68. The van der Waals surface area contributed by atoms with Crippen molar-refractivity contribution in [2.24, 2.45) is 0 Å². The minimum Gasteiger partial charge on any atom is -0.456 e. The first-order valence-electron chi connectivity index (χ1n) is 7.89. The van der Waals surface area contributed by atoms with Crippen LogP contribution in [0.15, 0.2) is 58.2 Å². The largest absolute Gasteiger partial charge is 0.456 e. The first-order valence-corrected chi connectivity index (χ1v) is 8.68. The van der Waals surface area contributed by atoms with E-state index in [2.05, 4.69) is 15.9 Å². The van der Waals surface area contributed by atoms with Crippen molar-refractivity contribution in [2.75, 3.05) is 11.5 Å². The van der Waals surface area contributed by atoms with Gasteiger partial charge >= 0.3 is 5.97 Å². The number of benzene rings is 2. The Morgan fingerprint density at radius 2 is 1.92 bits per heavy atom. The molecule has 0 fully saturated rings. The molecule has 132 valence electrons. The third kappa shape index (κ3) is 2.72. The van der Waals surface area contributed by atoms with E-state index >= 15 is 0 Å². The third-order valence-electron chi connectivity index (χ3n) is 4.52. The topological polar surface area (TPSA) is 46.6 Å². The molecule has 1 amide bonds. The maximum absolute atomic E-state index is 14.4. The fourth-order valence-electron chi connectivity index (χ4n) is 3.42. The lowest BCUT2D eigenvalue weighted by Gasteiger charge is -2.32. The van der Waals surface area contributed by atoms with Gasteiger partial charge in [-0.2, -0.15) is 0 Å². The highest BCUT2D eigenvalue weighted by atomic mass is 79.9. The molecule has 0 aliphatic carbocycles. The van der Waals surface area contributed by atoms with Crippen molar-refractivity contribution in [1.82, 2.24) is 0 Å². The van der Waals surface area contributed by atoms with Crippen LogP contribution in [0.25, 0.3) is 0 Å². The van der Waals surface area contributed by atoms with Crippen LogP contribution in [-0.2, 0) is 14.3 Å². The molecule has 0 bridgehead atoms. The maximum atomic E-state index is 14.4. The van der Waals surface area contributed by atoms with Crippen LogP contribution in [0, 0.1) is 11.6 Å². The van der Waals surface area contributed by atoms with E-state index in [9.17, 15) is 18.4 Å². The van der Waals surface area contributed by atoms with Crippen molar-refractivity contribution in [3.63, 3.8) is 0 Å². The summed E-state index contributed by atoms with van der Waals surface area (Å²) in [6.45, 7) is -0.109. The molecule has 4 rings (SSSR count). The van der Waals surface area contributed by atoms with Gasteiger partial charge in [-0.05, 0) is 42.0 Å². The molecule has 1 atom stereocenters. The molecule has 1 unspecified atom stereocenters. The summed E-state index contributed by atoms with van der Waals surface area (Å²) in [6.07, 6.45) is -0.113. The number of halogens is 3. The van der Waals surface area contributed by atoms with Crippen LogP contribution >= 0.6 is 15.9 Å². The number of anilines is 1. The van der Waals surface area contributed by atoms with E-state index in [1.165, 1.54) is 29.2 Å². The van der Waals surface area contributed by atoms with Gasteiger partial charge in [0.2, 0.25) is 5.91 Å². The fraction of sp³-hybridized carbons (Fsp3) is 0.158. The van der Waals surface area contributed by atoms with Crippen molar-refractivity contribution in [1.29, 1.82) is 0 Å². The zero-order valence-corrected chi connectivity index (χ0v) is 14.9. The summed E-state index contributed by atoms with van der Waals surface area (Å²) in [4.78, 5) is 26.4. The number of carbonyl (C=O) groups excluding carboxylic acids is 2. The Balaban J connectivity index is 1.87. The van der Waals surface area contributed by atoms with Gasteiger partial charge in [0, 0.05) is 16.8 Å². The first-order chi connectivity index (χ1) is 12.5. The molecule has 0 radical (unpaired) electrons. The molecule has 2 aromatic carbocycles. The molecule has 2 aliphatic heterocycles. The van der Waals surface area contributed by atoms with Crippen molar-refractivity contribution in [2.45, 2.75) is 12.3 Å². The monoisotopic (exact) mass is 419 g/mol. The molecular weight excluding hydrogens is 408 g/mol. The fourth-order valence-corrected chi connectivity index (χ4v) is 3.80. The standard InChI is InChI=1S/C19H12BrF2NO3/c20-10-4-5-15(22)13(6-10)14-8-17(24)23(12-3-1-2-11(21)7-12)16-9-26-19(25)18(14)16/h1-7,14H,8-9H2. The number of hydrogen-bond donors (Lipinski definition) is 0. The number of rotatable bonds is 2. The predicted octanol–water partition coefficient (Wildman–Crippen LogP) is 4.06. The zero-order valence-electron chi connectivity index (χ0n) is 13.3. The smallest absolute Gasteiger partial charge is 0.336 e. The Kier molecular flexibility index (Phi) is 4.11. The maximum Gasteiger partial charge on any atom is 0.336 e. The molecule has 2 aliphatic rings. The summed E-state index contributed by atoms with van der Waals surface area (Å²) in [5, 5.41) is 0. The van der Waals surface area contributed by atoms with E-state index in [-0.39, 0.29) is 30.1 Å². The summed E-state index contributed by atoms with van der Waals surface area (Å²) in [5.41, 5.74) is 1.14. The minimum atomic E-state index is -0.741. The van der Waals surface area contributed by atoms with Crippen molar-refractivity contribution in [3.05, 3.63) is 75.4 Å². The van der Waals surface area contributed by atoms with Gasteiger partial charge in [-0.1, -0.05) is 22.0 Å². The van der Waals surface area contributed by atoms with Crippen LogP contribution in [0.5, 0.6) is 0 Å². The quantitative estimate of drug-likeness (QED) is 0.689. The highest BCUT2D eigenvalue weighted by Crippen LogP contribution is 2.43. The number of cyclic esters (lactones) is 1. The molecule has 0 aromatic heterocycles. The summed E-state index contributed by atoms with van der Waals surface area (Å²) in [7, 11) is 0. The zero-order chi connectivity index (χ0) is 18.4. The minimum absolute atomic E-state index is 0.109. The van der Waals surface area contributed by atoms with Crippen molar-refractivity contribution < 1.29 is 23.1 Å². The van der Waals surface area contributed by atoms with Crippen LogP contribution in [0.2, 0.25) is 0 Å².